The lowest BCUT2D eigenvalue weighted by Gasteiger charge is -2.25. The summed E-state index contributed by atoms with van der Waals surface area (Å²) in [5.41, 5.74) is 5.94. The molecule has 3 amide bonds. The molecule has 7 nitrogen and oxygen atoms in total. The zero-order valence-electron chi connectivity index (χ0n) is 15.6. The number of anilines is 1. The van der Waals surface area contributed by atoms with Gasteiger partial charge in [0.1, 0.15) is 11.9 Å². The Morgan fingerprint density at radius 2 is 2.00 bits per heavy atom. The Bertz CT molecular complexity index is 701. The third-order valence-electron chi connectivity index (χ3n) is 4.62. The first-order valence-corrected chi connectivity index (χ1v) is 8.59. The first-order valence-electron chi connectivity index (χ1n) is 8.59. The number of nitrogens with zero attached hydrogens (tertiary/aromatic N) is 2. The second-order valence-corrected chi connectivity index (χ2v) is 6.74. The van der Waals surface area contributed by atoms with Gasteiger partial charge in [-0.1, -0.05) is 26.0 Å². The molecule has 0 radical (unpaired) electrons. The van der Waals surface area contributed by atoms with Gasteiger partial charge in [0.05, 0.1) is 18.3 Å². The molecule has 27 heavy (non-hydrogen) atoms. The van der Waals surface area contributed by atoms with E-state index >= 15 is 0 Å². The highest BCUT2D eigenvalue weighted by Crippen LogP contribution is 2.26. The van der Waals surface area contributed by atoms with Gasteiger partial charge >= 0.3 is 0 Å². The van der Waals surface area contributed by atoms with Crippen molar-refractivity contribution in [2.75, 3.05) is 25.0 Å². The molecule has 1 aromatic rings. The molecule has 1 aliphatic heterocycles. The number of benzene rings is 1. The van der Waals surface area contributed by atoms with Crippen LogP contribution >= 0.6 is 12.4 Å². The SMILES string of the molecule is CC(C)[C@H](N)C(=O)NCC(=O)N(C)C1CCN(c2ccccc2F)C1=O.Cl. The number of hydrogen-bond donors (Lipinski definition) is 2. The van der Waals surface area contributed by atoms with E-state index in [0.29, 0.717) is 13.0 Å². The highest BCUT2D eigenvalue weighted by atomic mass is 35.5. The van der Waals surface area contributed by atoms with Gasteiger partial charge in [0, 0.05) is 13.6 Å². The summed E-state index contributed by atoms with van der Waals surface area (Å²) in [5, 5.41) is 2.49. The van der Waals surface area contributed by atoms with E-state index in [1.54, 1.807) is 12.1 Å². The van der Waals surface area contributed by atoms with Crippen LogP contribution in [0, 0.1) is 11.7 Å². The minimum absolute atomic E-state index is 0. The molecule has 1 fully saturated rings. The fraction of sp³-hybridized carbons (Fsp3) is 0.500. The molecule has 1 aromatic carbocycles. The lowest BCUT2D eigenvalue weighted by Crippen LogP contribution is -2.50. The second kappa shape index (κ2) is 9.66. The number of carbonyl (C=O) groups excluding carboxylic acids is 3. The number of nitrogens with one attached hydrogen (secondary N) is 1. The number of rotatable bonds is 6. The van der Waals surface area contributed by atoms with Gasteiger partial charge in [0.15, 0.2) is 0 Å². The molecule has 9 heteroatoms. The van der Waals surface area contributed by atoms with Crippen LogP contribution in [0.15, 0.2) is 24.3 Å². The molecule has 2 rings (SSSR count). The van der Waals surface area contributed by atoms with Crippen molar-refractivity contribution in [1.29, 1.82) is 0 Å². The van der Waals surface area contributed by atoms with E-state index in [9.17, 15) is 18.8 Å². The van der Waals surface area contributed by atoms with Crippen LogP contribution in [0.1, 0.15) is 20.3 Å². The molecular weight excluding hydrogens is 375 g/mol. The average molecular weight is 401 g/mol. The molecule has 3 N–H and O–H groups in total. The number of nitrogens with two attached hydrogens (primary N) is 1. The minimum atomic E-state index is -0.697. The third kappa shape index (κ3) is 5.17. The zero-order valence-corrected chi connectivity index (χ0v) is 16.5. The predicted octanol–water partition coefficient (Wildman–Crippen LogP) is 0.911. The number of likely N-dealkylation sites (N-methyl/N-ethyl adjacent to an activating group) is 1. The number of halogens is 2. The highest BCUT2D eigenvalue weighted by molar-refractivity contribution is 6.01. The number of carbonyl (C=O) groups is 3. The van der Waals surface area contributed by atoms with Crippen molar-refractivity contribution in [1.82, 2.24) is 10.2 Å². The molecule has 1 heterocycles. The molecule has 1 unspecified atom stereocenters. The smallest absolute Gasteiger partial charge is 0.249 e. The van der Waals surface area contributed by atoms with Gasteiger partial charge in [-0.05, 0) is 24.5 Å². The number of amides is 3. The van der Waals surface area contributed by atoms with Gasteiger partial charge in [-0.2, -0.15) is 0 Å². The molecule has 150 valence electrons. The van der Waals surface area contributed by atoms with Crippen LogP contribution in [0.25, 0.3) is 0 Å². The summed E-state index contributed by atoms with van der Waals surface area (Å²) >= 11 is 0. The van der Waals surface area contributed by atoms with Crippen LogP contribution in [0.5, 0.6) is 0 Å². The summed E-state index contributed by atoms with van der Waals surface area (Å²) in [7, 11) is 1.50. The normalized spacial score (nSPS) is 17.5. The van der Waals surface area contributed by atoms with Crippen molar-refractivity contribution in [3.05, 3.63) is 30.1 Å². The first kappa shape index (κ1) is 22.9. The van der Waals surface area contributed by atoms with Crippen LogP contribution in [-0.4, -0.2) is 54.8 Å². The molecule has 0 aromatic heterocycles. The fourth-order valence-corrected chi connectivity index (χ4v) is 2.82. The van der Waals surface area contributed by atoms with Gasteiger partial charge < -0.3 is 20.9 Å². The quantitative estimate of drug-likeness (QED) is 0.741. The Hall–Kier alpha value is -2.19. The Kier molecular flexibility index (Phi) is 8.18. The molecule has 1 aliphatic rings. The van der Waals surface area contributed by atoms with Crippen molar-refractivity contribution in [3.63, 3.8) is 0 Å². The lowest BCUT2D eigenvalue weighted by atomic mass is 10.1. The number of hydrogen-bond acceptors (Lipinski definition) is 4. The summed E-state index contributed by atoms with van der Waals surface area (Å²) in [5.74, 6) is -1.68. The number of para-hydroxylation sites is 1. The topological polar surface area (TPSA) is 95.7 Å². The standard InChI is InChI=1S/C18H25FN4O3.ClH/c1-11(2)16(20)17(25)21-10-15(24)22(3)14-8-9-23(18(14)26)13-7-5-4-6-12(13)19;/h4-7,11,14,16H,8-10,20H2,1-3H3,(H,21,25);1H/t14?,16-;/m0./s1. The molecule has 0 aliphatic carbocycles. The molecule has 0 spiro atoms. The van der Waals surface area contributed by atoms with E-state index in [1.165, 1.54) is 29.0 Å². The van der Waals surface area contributed by atoms with Crippen LogP contribution in [0.2, 0.25) is 0 Å². The monoisotopic (exact) mass is 400 g/mol. The predicted molar refractivity (Wildman–Crippen MR) is 103 cm³/mol. The first-order chi connectivity index (χ1) is 12.2. The summed E-state index contributed by atoms with van der Waals surface area (Å²) in [6.45, 7) is 3.71. The Morgan fingerprint density at radius 3 is 2.59 bits per heavy atom. The molecule has 2 atom stereocenters. The molecule has 1 saturated heterocycles. The van der Waals surface area contributed by atoms with Gasteiger partial charge in [-0.3, -0.25) is 14.4 Å². The van der Waals surface area contributed by atoms with Crippen LogP contribution < -0.4 is 16.0 Å². The summed E-state index contributed by atoms with van der Waals surface area (Å²) in [6, 6.07) is 4.65. The molecular formula is C18H26ClFN4O3. The van der Waals surface area contributed by atoms with E-state index in [-0.39, 0.29) is 36.5 Å². The van der Waals surface area contributed by atoms with E-state index in [2.05, 4.69) is 5.32 Å². The van der Waals surface area contributed by atoms with E-state index in [1.807, 2.05) is 13.8 Å². The van der Waals surface area contributed by atoms with Crippen molar-refractivity contribution >= 4 is 35.8 Å². The van der Waals surface area contributed by atoms with E-state index < -0.39 is 29.7 Å². The maximum absolute atomic E-state index is 13.9. The fourth-order valence-electron chi connectivity index (χ4n) is 2.82. The Labute approximate surface area is 164 Å². The van der Waals surface area contributed by atoms with Crippen LogP contribution in [-0.2, 0) is 14.4 Å². The van der Waals surface area contributed by atoms with Crippen molar-refractivity contribution < 1.29 is 18.8 Å². The van der Waals surface area contributed by atoms with Crippen molar-refractivity contribution in [2.45, 2.75) is 32.4 Å². The molecule has 0 saturated carbocycles. The van der Waals surface area contributed by atoms with Crippen molar-refractivity contribution in [3.8, 4) is 0 Å². The van der Waals surface area contributed by atoms with E-state index in [4.69, 9.17) is 5.73 Å². The summed E-state index contributed by atoms with van der Waals surface area (Å²) < 4.78 is 13.9. The van der Waals surface area contributed by atoms with Gasteiger partial charge in [-0.25, -0.2) is 4.39 Å². The average Bonchev–Trinajstić information content (AvgIpc) is 2.99. The van der Waals surface area contributed by atoms with E-state index in [0.717, 1.165) is 0 Å². The maximum atomic E-state index is 13.9. The molecule has 0 bridgehead atoms. The van der Waals surface area contributed by atoms with Gasteiger partial charge in [-0.15, -0.1) is 12.4 Å². The minimum Gasteiger partial charge on any atom is -0.346 e. The third-order valence-corrected chi connectivity index (χ3v) is 4.62. The summed E-state index contributed by atoms with van der Waals surface area (Å²) in [6.07, 6.45) is 0.398. The highest BCUT2D eigenvalue weighted by Gasteiger charge is 2.38. The maximum Gasteiger partial charge on any atom is 0.249 e. The Balaban J connectivity index is 0.00000364. The van der Waals surface area contributed by atoms with Gasteiger partial charge in [0.2, 0.25) is 17.7 Å². The van der Waals surface area contributed by atoms with Gasteiger partial charge in [0.25, 0.3) is 0 Å². The van der Waals surface area contributed by atoms with Crippen LogP contribution in [0.4, 0.5) is 10.1 Å². The van der Waals surface area contributed by atoms with Crippen molar-refractivity contribution in [2.24, 2.45) is 11.7 Å². The zero-order chi connectivity index (χ0) is 19.4. The van der Waals surface area contributed by atoms with Crippen LogP contribution in [0.3, 0.4) is 0 Å². The summed E-state index contributed by atoms with van der Waals surface area (Å²) in [4.78, 5) is 39.4. The Morgan fingerprint density at radius 1 is 1.37 bits per heavy atom. The second-order valence-electron chi connectivity index (χ2n) is 6.74. The lowest BCUT2D eigenvalue weighted by molar-refractivity contribution is -0.137. The largest absolute Gasteiger partial charge is 0.346 e.